The Morgan fingerprint density at radius 1 is 1.07 bits per heavy atom. The fourth-order valence-electron chi connectivity index (χ4n) is 2.98. The zero-order valence-electron chi connectivity index (χ0n) is 15.4. The number of aromatic amines is 1. The first kappa shape index (κ1) is 18.3. The quantitative estimate of drug-likeness (QED) is 0.370. The molecule has 0 aliphatic heterocycles. The number of thioether (sulfide) groups is 1. The molecule has 2 aromatic carbocycles. The molecule has 0 atom stereocenters. The number of rotatable bonds is 6. The van der Waals surface area contributed by atoms with Crippen LogP contribution in [0.3, 0.4) is 0 Å². The fourth-order valence-corrected chi connectivity index (χ4v) is 3.85. The maximum atomic E-state index is 12.4. The maximum absolute atomic E-state index is 12.4. The van der Waals surface area contributed by atoms with Gasteiger partial charge in [0.05, 0.1) is 22.3 Å². The van der Waals surface area contributed by atoms with Gasteiger partial charge in [0.1, 0.15) is 5.75 Å². The Hall–Kier alpha value is -3.12. The van der Waals surface area contributed by atoms with Crippen LogP contribution in [-0.2, 0) is 12.2 Å². The highest BCUT2D eigenvalue weighted by Crippen LogP contribution is 2.28. The van der Waals surface area contributed by atoms with Crippen LogP contribution in [0.25, 0.3) is 11.0 Å². The number of hydrogen-bond donors (Lipinski definition) is 1. The topological polar surface area (TPSA) is 67.9 Å². The summed E-state index contributed by atoms with van der Waals surface area (Å²) in [5.74, 6) is 0.837. The average Bonchev–Trinajstić information content (AvgIpc) is 3.16. The molecule has 28 heavy (non-hydrogen) atoms. The second kappa shape index (κ2) is 8.27. The predicted molar refractivity (Wildman–Crippen MR) is 111 cm³/mol. The number of carbonyl (C=O) groups is 1. The van der Waals surface area contributed by atoms with Gasteiger partial charge in [-0.2, -0.15) is 0 Å². The molecule has 4 rings (SSSR count). The molecule has 2 aromatic heterocycles. The van der Waals surface area contributed by atoms with Crippen molar-refractivity contribution in [2.24, 2.45) is 0 Å². The number of nitrogens with one attached hydrogen (secondary N) is 1. The van der Waals surface area contributed by atoms with Gasteiger partial charge in [0, 0.05) is 17.5 Å². The molecule has 0 spiro atoms. The lowest BCUT2D eigenvalue weighted by atomic mass is 10.1. The van der Waals surface area contributed by atoms with Crippen LogP contribution >= 0.6 is 11.8 Å². The van der Waals surface area contributed by atoms with Crippen LogP contribution in [0.4, 0.5) is 0 Å². The summed E-state index contributed by atoms with van der Waals surface area (Å²) in [7, 11) is 0. The van der Waals surface area contributed by atoms with Crippen molar-refractivity contribution in [3.8, 4) is 5.75 Å². The number of H-pyrrole nitrogens is 1. The molecule has 0 aliphatic carbocycles. The number of ether oxygens (including phenoxy) is 1. The largest absolute Gasteiger partial charge is 0.423 e. The van der Waals surface area contributed by atoms with E-state index in [1.807, 2.05) is 49.4 Å². The number of hydrogen-bond acceptors (Lipinski definition) is 5. The van der Waals surface area contributed by atoms with Crippen molar-refractivity contribution in [2.45, 2.75) is 24.3 Å². The van der Waals surface area contributed by atoms with E-state index in [4.69, 9.17) is 4.74 Å². The maximum Gasteiger partial charge on any atom is 0.343 e. The zero-order chi connectivity index (χ0) is 19.3. The molecule has 0 fully saturated rings. The summed E-state index contributed by atoms with van der Waals surface area (Å²) in [6.45, 7) is 2.03. The molecular weight excluding hydrogens is 370 g/mol. The second-order valence-corrected chi connectivity index (χ2v) is 7.16. The minimum Gasteiger partial charge on any atom is -0.423 e. The van der Waals surface area contributed by atoms with Gasteiger partial charge in [0.2, 0.25) is 0 Å². The summed E-state index contributed by atoms with van der Waals surface area (Å²) in [6, 6.07) is 18.7. The van der Waals surface area contributed by atoms with Crippen molar-refractivity contribution < 1.29 is 9.53 Å². The molecule has 0 saturated carbocycles. The third-order valence-electron chi connectivity index (χ3n) is 4.38. The number of fused-ring (bicyclic) bond motifs is 1. The molecular formula is C22H19N3O2S. The minimum atomic E-state index is -0.364. The number of pyridine rings is 1. The Kier molecular flexibility index (Phi) is 5.39. The summed E-state index contributed by atoms with van der Waals surface area (Å²) in [4.78, 5) is 24.8. The van der Waals surface area contributed by atoms with Crippen molar-refractivity contribution in [1.82, 2.24) is 15.0 Å². The molecule has 0 amide bonds. The second-order valence-electron chi connectivity index (χ2n) is 6.19. The Labute approximate surface area is 167 Å². The molecule has 4 aromatic rings. The molecule has 1 N–H and O–H groups in total. The lowest BCUT2D eigenvalue weighted by Crippen LogP contribution is -2.11. The molecule has 0 radical (unpaired) electrons. The molecule has 0 unspecified atom stereocenters. The van der Waals surface area contributed by atoms with Gasteiger partial charge >= 0.3 is 5.97 Å². The highest BCUT2D eigenvalue weighted by molar-refractivity contribution is 7.98. The lowest BCUT2D eigenvalue weighted by molar-refractivity contribution is 0.0733. The SMILES string of the molecule is CCc1c(OC(=O)c2ccccc2)ccnc1CSc1nc2ccccc2[nH]1. The Bertz CT molecular complexity index is 1080. The monoisotopic (exact) mass is 389 g/mol. The number of aromatic nitrogens is 3. The van der Waals surface area contributed by atoms with E-state index < -0.39 is 0 Å². The van der Waals surface area contributed by atoms with Gasteiger partial charge in [-0.1, -0.05) is 49.0 Å². The van der Waals surface area contributed by atoms with Gasteiger partial charge in [-0.3, -0.25) is 4.98 Å². The van der Waals surface area contributed by atoms with Crippen molar-refractivity contribution in [3.05, 3.63) is 83.7 Å². The van der Waals surface area contributed by atoms with Crippen LogP contribution in [0.2, 0.25) is 0 Å². The predicted octanol–water partition coefficient (Wildman–Crippen LogP) is 5.03. The Balaban J connectivity index is 1.52. The summed E-state index contributed by atoms with van der Waals surface area (Å²) >= 11 is 1.58. The highest BCUT2D eigenvalue weighted by atomic mass is 32.2. The summed E-state index contributed by atoms with van der Waals surface area (Å²) in [5.41, 5.74) is 4.32. The van der Waals surface area contributed by atoms with E-state index in [-0.39, 0.29) is 5.97 Å². The third-order valence-corrected chi connectivity index (χ3v) is 5.27. The summed E-state index contributed by atoms with van der Waals surface area (Å²) < 4.78 is 5.65. The summed E-state index contributed by atoms with van der Waals surface area (Å²) in [5, 5.41) is 0.844. The van der Waals surface area contributed by atoms with Crippen LogP contribution in [0.1, 0.15) is 28.5 Å². The minimum absolute atomic E-state index is 0.364. The lowest BCUT2D eigenvalue weighted by Gasteiger charge is -2.12. The first-order chi connectivity index (χ1) is 13.7. The number of benzene rings is 2. The average molecular weight is 389 g/mol. The molecule has 0 aliphatic rings. The van der Waals surface area contributed by atoms with Crippen LogP contribution in [0, 0.1) is 0 Å². The first-order valence-corrected chi connectivity index (χ1v) is 10.0. The zero-order valence-corrected chi connectivity index (χ0v) is 16.2. The van der Waals surface area contributed by atoms with Crippen molar-refractivity contribution in [3.63, 3.8) is 0 Å². The third kappa shape index (κ3) is 3.92. The smallest absolute Gasteiger partial charge is 0.343 e. The number of nitrogens with zero attached hydrogens (tertiary/aromatic N) is 2. The number of carbonyl (C=O) groups excluding carboxylic acids is 1. The number of esters is 1. The molecule has 5 nitrogen and oxygen atoms in total. The van der Waals surface area contributed by atoms with Crippen molar-refractivity contribution in [2.75, 3.05) is 0 Å². The van der Waals surface area contributed by atoms with E-state index >= 15 is 0 Å². The van der Waals surface area contributed by atoms with E-state index in [0.717, 1.165) is 33.9 Å². The van der Waals surface area contributed by atoms with E-state index in [1.165, 1.54) is 0 Å². The molecule has 0 bridgehead atoms. The summed E-state index contributed by atoms with van der Waals surface area (Å²) in [6.07, 6.45) is 2.41. The number of imidazole rings is 1. The molecule has 2 heterocycles. The van der Waals surface area contributed by atoms with E-state index in [1.54, 1.807) is 36.2 Å². The van der Waals surface area contributed by atoms with Crippen LogP contribution < -0.4 is 4.74 Å². The van der Waals surface area contributed by atoms with Gasteiger partial charge in [-0.15, -0.1) is 0 Å². The molecule has 0 saturated heterocycles. The van der Waals surface area contributed by atoms with Crippen molar-refractivity contribution in [1.29, 1.82) is 0 Å². The van der Waals surface area contributed by atoms with Crippen LogP contribution in [0.15, 0.2) is 72.0 Å². The van der Waals surface area contributed by atoms with Crippen molar-refractivity contribution >= 4 is 28.8 Å². The van der Waals surface area contributed by atoms with E-state index in [9.17, 15) is 4.79 Å². The highest BCUT2D eigenvalue weighted by Gasteiger charge is 2.15. The van der Waals surface area contributed by atoms with Crippen LogP contribution in [0.5, 0.6) is 5.75 Å². The van der Waals surface area contributed by atoms with Gasteiger partial charge < -0.3 is 9.72 Å². The van der Waals surface area contributed by atoms with E-state index in [0.29, 0.717) is 17.1 Å². The molecule has 140 valence electrons. The Morgan fingerprint density at radius 2 is 1.86 bits per heavy atom. The first-order valence-electron chi connectivity index (χ1n) is 9.06. The number of para-hydroxylation sites is 2. The van der Waals surface area contributed by atoms with Gasteiger partial charge in [0.25, 0.3) is 0 Å². The standard InChI is InChI=1S/C22H19N3O2S/c1-2-16-19(14-28-22-24-17-10-6-7-11-18(17)25-22)23-13-12-20(16)27-21(26)15-8-4-3-5-9-15/h3-13H,2,14H2,1H3,(H,24,25). The normalized spacial score (nSPS) is 10.9. The van der Waals surface area contributed by atoms with Gasteiger partial charge in [-0.25, -0.2) is 9.78 Å². The van der Waals surface area contributed by atoms with Gasteiger partial charge in [0.15, 0.2) is 5.16 Å². The fraction of sp³-hybridized carbons (Fsp3) is 0.136. The van der Waals surface area contributed by atoms with E-state index in [2.05, 4.69) is 15.0 Å². The van der Waals surface area contributed by atoms with Crippen LogP contribution in [-0.4, -0.2) is 20.9 Å². The Morgan fingerprint density at radius 3 is 2.64 bits per heavy atom. The van der Waals surface area contributed by atoms with Gasteiger partial charge in [-0.05, 0) is 36.8 Å². The molecule has 6 heteroatoms.